The molecule has 4 rings (SSSR count). The molecule has 2 heterocycles. The Morgan fingerprint density at radius 3 is 2.32 bits per heavy atom. The number of hydrogen-bond donors (Lipinski definition) is 1. The number of benzene rings is 1. The van der Waals surface area contributed by atoms with Gasteiger partial charge in [-0.1, -0.05) is 6.07 Å². The van der Waals surface area contributed by atoms with E-state index in [9.17, 15) is 14.4 Å². The fourth-order valence-electron chi connectivity index (χ4n) is 4.72. The Morgan fingerprint density at radius 2 is 1.68 bits per heavy atom. The molecule has 0 spiro atoms. The van der Waals surface area contributed by atoms with Crippen LogP contribution < -0.4 is 10.1 Å². The Kier molecular flexibility index (Phi) is 6.78. The van der Waals surface area contributed by atoms with Crippen molar-refractivity contribution in [2.45, 2.75) is 51.0 Å². The zero-order valence-corrected chi connectivity index (χ0v) is 18.3. The van der Waals surface area contributed by atoms with E-state index in [1.54, 1.807) is 31.4 Å². The van der Waals surface area contributed by atoms with Crippen LogP contribution in [0.25, 0.3) is 0 Å². The average Bonchev–Trinajstić information content (AvgIpc) is 3.68. The van der Waals surface area contributed by atoms with Crippen LogP contribution in [0.4, 0.5) is 0 Å². The predicted molar refractivity (Wildman–Crippen MR) is 117 cm³/mol. The first-order chi connectivity index (χ1) is 15.1. The zero-order chi connectivity index (χ0) is 21.8. The number of piperidine rings is 2. The van der Waals surface area contributed by atoms with Crippen LogP contribution in [0.3, 0.4) is 0 Å². The maximum Gasteiger partial charge on any atom is 0.252 e. The summed E-state index contributed by atoms with van der Waals surface area (Å²) >= 11 is 0. The van der Waals surface area contributed by atoms with Gasteiger partial charge in [-0.2, -0.15) is 0 Å². The van der Waals surface area contributed by atoms with Gasteiger partial charge in [0.2, 0.25) is 11.8 Å². The summed E-state index contributed by atoms with van der Waals surface area (Å²) in [6.45, 7) is 2.84. The maximum atomic E-state index is 13.4. The van der Waals surface area contributed by atoms with Crippen molar-refractivity contribution >= 4 is 17.7 Å². The summed E-state index contributed by atoms with van der Waals surface area (Å²) in [5.41, 5.74) is 0.483. The molecule has 2 saturated heterocycles. The number of nitrogens with zero attached hydrogens (tertiary/aromatic N) is 2. The number of rotatable bonds is 6. The van der Waals surface area contributed by atoms with Gasteiger partial charge in [0, 0.05) is 37.7 Å². The van der Waals surface area contributed by atoms with E-state index in [0.717, 1.165) is 58.0 Å². The van der Waals surface area contributed by atoms with E-state index in [0.29, 0.717) is 24.4 Å². The van der Waals surface area contributed by atoms with Gasteiger partial charge in [0.05, 0.1) is 7.11 Å². The van der Waals surface area contributed by atoms with Crippen LogP contribution in [0.15, 0.2) is 24.3 Å². The topological polar surface area (TPSA) is 79.0 Å². The molecule has 2 aliphatic heterocycles. The number of likely N-dealkylation sites (tertiary alicyclic amines) is 2. The van der Waals surface area contributed by atoms with E-state index in [4.69, 9.17) is 4.74 Å². The summed E-state index contributed by atoms with van der Waals surface area (Å²) in [5.74, 6) is 0.882. The molecular weight excluding hydrogens is 394 g/mol. The van der Waals surface area contributed by atoms with Gasteiger partial charge in [0.1, 0.15) is 11.8 Å². The highest BCUT2D eigenvalue weighted by Gasteiger charge is 2.39. The van der Waals surface area contributed by atoms with Crippen molar-refractivity contribution in [3.05, 3.63) is 29.8 Å². The van der Waals surface area contributed by atoms with Gasteiger partial charge in [0.15, 0.2) is 0 Å². The molecule has 0 radical (unpaired) electrons. The second-order valence-corrected chi connectivity index (χ2v) is 9.01. The first kappa shape index (κ1) is 21.7. The molecule has 0 unspecified atom stereocenters. The number of hydrogen-bond acceptors (Lipinski definition) is 4. The molecule has 31 heavy (non-hydrogen) atoms. The zero-order valence-electron chi connectivity index (χ0n) is 18.3. The van der Waals surface area contributed by atoms with Crippen LogP contribution in [0.2, 0.25) is 0 Å². The van der Waals surface area contributed by atoms with Gasteiger partial charge >= 0.3 is 0 Å². The number of carbonyl (C=O) groups excluding carboxylic acids is 3. The minimum absolute atomic E-state index is 0.0166. The molecule has 7 nitrogen and oxygen atoms in total. The highest BCUT2D eigenvalue weighted by Crippen LogP contribution is 2.33. The van der Waals surface area contributed by atoms with E-state index in [1.807, 2.05) is 9.80 Å². The van der Waals surface area contributed by atoms with Crippen molar-refractivity contribution in [2.24, 2.45) is 11.8 Å². The number of ether oxygens (including phenoxy) is 1. The van der Waals surface area contributed by atoms with E-state index in [-0.39, 0.29) is 29.6 Å². The lowest BCUT2D eigenvalue weighted by Crippen LogP contribution is -2.55. The highest BCUT2D eigenvalue weighted by molar-refractivity contribution is 5.98. The SMILES string of the molecule is COc1cccc(C(=O)N[C@H](C(=O)N2CCCCC2)C2CCN(C(=O)C3CC3)CC2)c1. The standard InChI is InChI=1S/C24H33N3O4/c1-31-20-7-5-6-19(16-20)22(28)25-21(24(30)26-12-3-2-4-13-26)17-10-14-27(15-11-17)23(29)18-8-9-18/h5-7,16-18,21H,2-4,8-15H2,1H3,(H,25,28)/t21-/m0/s1. The lowest BCUT2D eigenvalue weighted by molar-refractivity contribution is -0.137. The third kappa shape index (κ3) is 5.20. The molecule has 1 aliphatic carbocycles. The predicted octanol–water partition coefficient (Wildman–Crippen LogP) is 2.45. The van der Waals surface area contributed by atoms with Crippen molar-refractivity contribution in [1.29, 1.82) is 0 Å². The minimum Gasteiger partial charge on any atom is -0.497 e. The molecule has 3 amide bonds. The Labute approximate surface area is 184 Å². The Bertz CT molecular complexity index is 809. The van der Waals surface area contributed by atoms with Crippen molar-refractivity contribution in [2.75, 3.05) is 33.3 Å². The van der Waals surface area contributed by atoms with Crippen LogP contribution in [0, 0.1) is 11.8 Å². The molecule has 1 saturated carbocycles. The van der Waals surface area contributed by atoms with Crippen LogP contribution in [-0.2, 0) is 9.59 Å². The van der Waals surface area contributed by atoms with Gasteiger partial charge in [-0.05, 0) is 69.1 Å². The first-order valence-corrected chi connectivity index (χ1v) is 11.6. The molecule has 1 N–H and O–H groups in total. The van der Waals surface area contributed by atoms with Gasteiger partial charge in [-0.15, -0.1) is 0 Å². The summed E-state index contributed by atoms with van der Waals surface area (Å²) in [5, 5.41) is 3.04. The number of carbonyl (C=O) groups is 3. The van der Waals surface area contributed by atoms with E-state index < -0.39 is 6.04 Å². The Balaban J connectivity index is 1.46. The quantitative estimate of drug-likeness (QED) is 0.756. The second kappa shape index (κ2) is 9.71. The number of nitrogens with one attached hydrogen (secondary N) is 1. The van der Waals surface area contributed by atoms with Crippen molar-refractivity contribution in [3.8, 4) is 5.75 Å². The van der Waals surface area contributed by atoms with Crippen molar-refractivity contribution < 1.29 is 19.1 Å². The van der Waals surface area contributed by atoms with Crippen LogP contribution in [-0.4, -0.2) is 66.9 Å². The minimum atomic E-state index is -0.560. The fourth-order valence-corrected chi connectivity index (χ4v) is 4.72. The molecular formula is C24H33N3O4. The molecule has 1 aromatic carbocycles. The van der Waals surface area contributed by atoms with E-state index >= 15 is 0 Å². The highest BCUT2D eigenvalue weighted by atomic mass is 16.5. The molecule has 1 aromatic rings. The van der Waals surface area contributed by atoms with Gasteiger partial charge in [0.25, 0.3) is 5.91 Å². The van der Waals surface area contributed by atoms with Crippen LogP contribution >= 0.6 is 0 Å². The third-order valence-corrected chi connectivity index (χ3v) is 6.80. The monoisotopic (exact) mass is 427 g/mol. The molecule has 0 bridgehead atoms. The number of methoxy groups -OCH3 is 1. The van der Waals surface area contributed by atoms with Crippen molar-refractivity contribution in [3.63, 3.8) is 0 Å². The summed E-state index contributed by atoms with van der Waals surface area (Å²) < 4.78 is 5.23. The molecule has 168 valence electrons. The normalized spacial score (nSPS) is 20.8. The van der Waals surface area contributed by atoms with Gasteiger partial charge in [-0.25, -0.2) is 0 Å². The average molecular weight is 428 g/mol. The molecule has 7 heteroatoms. The Hall–Kier alpha value is -2.57. The molecule has 1 atom stereocenters. The molecule has 3 fully saturated rings. The molecule has 3 aliphatic rings. The van der Waals surface area contributed by atoms with Crippen molar-refractivity contribution in [1.82, 2.24) is 15.1 Å². The van der Waals surface area contributed by atoms with Crippen LogP contribution in [0.5, 0.6) is 5.75 Å². The van der Waals surface area contributed by atoms with Gasteiger partial charge in [-0.3, -0.25) is 14.4 Å². The summed E-state index contributed by atoms with van der Waals surface area (Å²) in [7, 11) is 1.57. The lowest BCUT2D eigenvalue weighted by atomic mass is 9.87. The first-order valence-electron chi connectivity index (χ1n) is 11.6. The van der Waals surface area contributed by atoms with E-state index in [1.165, 1.54) is 0 Å². The summed E-state index contributed by atoms with van der Waals surface area (Å²) in [6, 6.07) is 6.43. The van der Waals surface area contributed by atoms with E-state index in [2.05, 4.69) is 5.32 Å². The summed E-state index contributed by atoms with van der Waals surface area (Å²) in [4.78, 5) is 42.7. The lowest BCUT2D eigenvalue weighted by Gasteiger charge is -2.38. The second-order valence-electron chi connectivity index (χ2n) is 9.01. The fraction of sp³-hybridized carbons (Fsp3) is 0.625. The summed E-state index contributed by atoms with van der Waals surface area (Å²) in [6.07, 6.45) is 6.65. The third-order valence-electron chi connectivity index (χ3n) is 6.80. The van der Waals surface area contributed by atoms with Crippen LogP contribution in [0.1, 0.15) is 55.3 Å². The molecule has 0 aromatic heterocycles. The maximum absolute atomic E-state index is 13.4. The largest absolute Gasteiger partial charge is 0.497 e. The van der Waals surface area contributed by atoms with Gasteiger partial charge < -0.3 is 19.9 Å². The Morgan fingerprint density at radius 1 is 0.968 bits per heavy atom. The number of amides is 3. The smallest absolute Gasteiger partial charge is 0.252 e.